The summed E-state index contributed by atoms with van der Waals surface area (Å²) >= 11 is 3.27. The maximum Gasteiger partial charge on any atom is 0.169 e. The third kappa shape index (κ3) is 3.25. The van der Waals surface area contributed by atoms with Gasteiger partial charge in [-0.05, 0) is 40.2 Å². The predicted octanol–water partition coefficient (Wildman–Crippen LogP) is 2.97. The Kier molecular flexibility index (Phi) is 3.64. The molecule has 2 rings (SSSR count). The second-order valence-electron chi connectivity index (χ2n) is 3.21. The van der Waals surface area contributed by atoms with Crippen LogP contribution in [0.5, 0.6) is 0 Å². The second kappa shape index (κ2) is 5.19. The van der Waals surface area contributed by atoms with Gasteiger partial charge in [-0.1, -0.05) is 0 Å². The summed E-state index contributed by atoms with van der Waals surface area (Å²) in [4.78, 5) is 0. The zero-order valence-electron chi connectivity index (χ0n) is 8.20. The molecule has 2 aromatic heterocycles. The highest BCUT2D eigenvalue weighted by molar-refractivity contribution is 9.10. The minimum atomic E-state index is 0.759. The lowest BCUT2D eigenvalue weighted by molar-refractivity contribution is 0.461. The van der Waals surface area contributed by atoms with E-state index in [0.717, 1.165) is 35.7 Å². The van der Waals surface area contributed by atoms with Crippen LogP contribution < -0.4 is 5.32 Å². The number of halogens is 1. The van der Waals surface area contributed by atoms with Crippen LogP contribution in [0.4, 0.5) is 0 Å². The highest BCUT2D eigenvalue weighted by Crippen LogP contribution is 2.13. The van der Waals surface area contributed by atoms with Crippen LogP contribution in [0.3, 0.4) is 0 Å². The monoisotopic (exact) mass is 269 g/mol. The lowest BCUT2D eigenvalue weighted by Gasteiger charge is -2.00. The van der Waals surface area contributed by atoms with Crippen molar-refractivity contribution in [3.8, 4) is 0 Å². The van der Waals surface area contributed by atoms with Crippen LogP contribution in [0, 0.1) is 0 Å². The molecule has 0 aliphatic carbocycles. The molecule has 1 N–H and O–H groups in total. The van der Waals surface area contributed by atoms with Crippen molar-refractivity contribution in [1.29, 1.82) is 0 Å². The fourth-order valence-electron chi connectivity index (χ4n) is 1.32. The topological polar surface area (TPSA) is 38.3 Å². The summed E-state index contributed by atoms with van der Waals surface area (Å²) in [5.41, 5.74) is 0. The zero-order chi connectivity index (χ0) is 10.5. The molecule has 0 fully saturated rings. The van der Waals surface area contributed by atoms with Crippen LogP contribution >= 0.6 is 15.9 Å². The summed E-state index contributed by atoms with van der Waals surface area (Å²) in [5, 5.41) is 3.28. The van der Waals surface area contributed by atoms with Crippen molar-refractivity contribution in [2.75, 3.05) is 6.54 Å². The van der Waals surface area contributed by atoms with E-state index >= 15 is 0 Å². The van der Waals surface area contributed by atoms with Gasteiger partial charge in [0.2, 0.25) is 0 Å². The van der Waals surface area contributed by atoms with Gasteiger partial charge >= 0.3 is 0 Å². The second-order valence-corrected chi connectivity index (χ2v) is 3.99. The van der Waals surface area contributed by atoms with Crippen molar-refractivity contribution in [3.05, 3.63) is 46.7 Å². The van der Waals surface area contributed by atoms with Gasteiger partial charge in [-0.3, -0.25) is 0 Å². The fourth-order valence-corrected chi connectivity index (χ4v) is 1.66. The molecule has 0 saturated heterocycles. The molecule has 4 heteroatoms. The number of hydrogen-bond donors (Lipinski definition) is 1. The lowest BCUT2D eigenvalue weighted by Crippen LogP contribution is -2.15. The first-order valence-electron chi connectivity index (χ1n) is 4.82. The number of nitrogens with one attached hydrogen (secondary N) is 1. The third-order valence-electron chi connectivity index (χ3n) is 2.06. The first-order valence-corrected chi connectivity index (χ1v) is 5.61. The molecule has 0 radical (unpaired) electrons. The Bertz CT molecular complexity index is 394. The molecule has 0 atom stereocenters. The maximum absolute atomic E-state index is 5.37. The van der Waals surface area contributed by atoms with Crippen molar-refractivity contribution in [3.63, 3.8) is 0 Å². The van der Waals surface area contributed by atoms with Crippen molar-refractivity contribution >= 4 is 15.9 Å². The van der Waals surface area contributed by atoms with Crippen molar-refractivity contribution < 1.29 is 8.83 Å². The van der Waals surface area contributed by atoms with E-state index in [1.165, 1.54) is 0 Å². The largest absolute Gasteiger partial charge is 0.468 e. The Balaban J connectivity index is 1.67. The Hall–Kier alpha value is -1.00. The summed E-state index contributed by atoms with van der Waals surface area (Å²) in [6, 6.07) is 7.72. The van der Waals surface area contributed by atoms with E-state index in [-0.39, 0.29) is 0 Å². The molecular weight excluding hydrogens is 258 g/mol. The summed E-state index contributed by atoms with van der Waals surface area (Å²) < 4.78 is 11.4. The molecule has 3 nitrogen and oxygen atoms in total. The molecule has 2 aromatic rings. The van der Waals surface area contributed by atoms with E-state index in [9.17, 15) is 0 Å². The summed E-state index contributed by atoms with van der Waals surface area (Å²) in [6.07, 6.45) is 2.56. The molecule has 2 heterocycles. The van der Waals surface area contributed by atoms with Crippen LogP contribution in [0.15, 0.2) is 44.0 Å². The van der Waals surface area contributed by atoms with E-state index in [0.29, 0.717) is 0 Å². The molecule has 0 bridgehead atoms. The molecule has 0 unspecified atom stereocenters. The van der Waals surface area contributed by atoms with Gasteiger partial charge in [-0.2, -0.15) is 0 Å². The first-order chi connectivity index (χ1) is 7.34. The number of rotatable bonds is 5. The van der Waals surface area contributed by atoms with Gasteiger partial charge in [0.15, 0.2) is 4.67 Å². The van der Waals surface area contributed by atoms with Gasteiger partial charge in [0.05, 0.1) is 12.8 Å². The highest BCUT2D eigenvalue weighted by atomic mass is 79.9. The fraction of sp³-hybridized carbons (Fsp3) is 0.273. The van der Waals surface area contributed by atoms with Gasteiger partial charge in [0.1, 0.15) is 11.5 Å². The number of hydrogen-bond acceptors (Lipinski definition) is 3. The quantitative estimate of drug-likeness (QED) is 0.849. The van der Waals surface area contributed by atoms with Crippen LogP contribution in [-0.4, -0.2) is 6.54 Å². The molecular formula is C11H12BrNO2. The van der Waals surface area contributed by atoms with Crippen molar-refractivity contribution in [1.82, 2.24) is 5.32 Å². The van der Waals surface area contributed by atoms with Gasteiger partial charge in [0, 0.05) is 13.0 Å². The molecule has 0 aliphatic heterocycles. The van der Waals surface area contributed by atoms with E-state index in [1.54, 1.807) is 6.26 Å². The standard InChI is InChI=1S/C11H12BrNO2/c12-11-4-3-9(15-11)5-6-13-8-10-2-1-7-14-10/h1-4,7,13H,5-6,8H2. The summed E-state index contributed by atoms with van der Waals surface area (Å²) in [6.45, 7) is 1.63. The Morgan fingerprint density at radius 1 is 1.20 bits per heavy atom. The Morgan fingerprint density at radius 2 is 2.13 bits per heavy atom. The number of furan rings is 2. The molecule has 80 valence electrons. The van der Waals surface area contributed by atoms with E-state index in [1.807, 2.05) is 24.3 Å². The molecule has 0 amide bonds. The van der Waals surface area contributed by atoms with Crippen LogP contribution in [0.1, 0.15) is 11.5 Å². The van der Waals surface area contributed by atoms with E-state index < -0.39 is 0 Å². The van der Waals surface area contributed by atoms with Crippen molar-refractivity contribution in [2.45, 2.75) is 13.0 Å². The van der Waals surface area contributed by atoms with Gasteiger partial charge in [0.25, 0.3) is 0 Å². The molecule has 0 aliphatic rings. The van der Waals surface area contributed by atoms with Crippen LogP contribution in [0.2, 0.25) is 0 Å². The van der Waals surface area contributed by atoms with Gasteiger partial charge in [-0.15, -0.1) is 0 Å². The molecule has 15 heavy (non-hydrogen) atoms. The highest BCUT2D eigenvalue weighted by Gasteiger charge is 1.99. The van der Waals surface area contributed by atoms with Crippen molar-refractivity contribution in [2.24, 2.45) is 0 Å². The van der Waals surface area contributed by atoms with E-state index in [2.05, 4.69) is 21.2 Å². The normalized spacial score (nSPS) is 10.7. The smallest absolute Gasteiger partial charge is 0.169 e. The summed E-state index contributed by atoms with van der Waals surface area (Å²) in [7, 11) is 0. The average molecular weight is 270 g/mol. The maximum atomic E-state index is 5.37. The lowest BCUT2D eigenvalue weighted by atomic mass is 10.3. The Morgan fingerprint density at radius 3 is 2.80 bits per heavy atom. The Labute approximate surface area is 96.6 Å². The van der Waals surface area contributed by atoms with Gasteiger partial charge < -0.3 is 14.2 Å². The minimum absolute atomic E-state index is 0.759. The van der Waals surface area contributed by atoms with Gasteiger partial charge in [-0.25, -0.2) is 0 Å². The SMILES string of the molecule is Brc1ccc(CCNCc2ccco2)o1. The predicted molar refractivity (Wildman–Crippen MR) is 60.5 cm³/mol. The molecule has 0 spiro atoms. The third-order valence-corrected chi connectivity index (χ3v) is 2.48. The van der Waals surface area contributed by atoms with E-state index in [4.69, 9.17) is 8.83 Å². The molecule has 0 aromatic carbocycles. The zero-order valence-corrected chi connectivity index (χ0v) is 9.79. The summed E-state index contributed by atoms with van der Waals surface area (Å²) in [5.74, 6) is 1.93. The van der Waals surface area contributed by atoms with Crippen LogP contribution in [-0.2, 0) is 13.0 Å². The molecule has 0 saturated carbocycles. The average Bonchev–Trinajstić information content (AvgIpc) is 2.84. The minimum Gasteiger partial charge on any atom is -0.468 e. The van der Waals surface area contributed by atoms with Crippen LogP contribution in [0.25, 0.3) is 0 Å². The first kappa shape index (κ1) is 10.5.